The Labute approximate surface area is 116 Å². The van der Waals surface area contributed by atoms with Crippen LogP contribution in [-0.4, -0.2) is 25.5 Å². The molecule has 1 aromatic rings. The van der Waals surface area contributed by atoms with Crippen LogP contribution >= 0.6 is 11.6 Å². The van der Waals surface area contributed by atoms with Gasteiger partial charge in [-0.05, 0) is 31.5 Å². The molecule has 0 aliphatic rings. The quantitative estimate of drug-likeness (QED) is 0.642. The van der Waals surface area contributed by atoms with Crippen LogP contribution < -0.4 is 20.6 Å². The van der Waals surface area contributed by atoms with Crippen molar-refractivity contribution >= 4 is 23.8 Å². The average Bonchev–Trinajstić information content (AvgIpc) is 2.31. The lowest BCUT2D eigenvalue weighted by Gasteiger charge is -2.15. The molecule has 0 heterocycles. The topological polar surface area (TPSA) is 85.9 Å². The minimum absolute atomic E-state index is 0.0255. The second kappa shape index (κ2) is 6.84. The normalized spacial score (nSPS) is 10.8. The number of nitrogens with two attached hydrogens (primary N) is 1. The van der Waals surface area contributed by atoms with E-state index in [2.05, 4.69) is 10.5 Å². The Hall–Kier alpha value is -1.95. The molecule has 0 spiro atoms. The van der Waals surface area contributed by atoms with Gasteiger partial charge in [0, 0.05) is 0 Å². The third-order valence-corrected chi connectivity index (χ3v) is 2.27. The SMILES string of the molecule is COc1cc(C=NNC(N)=O)cc(Cl)c1OC(C)C. The molecule has 3 N–H and O–H groups in total. The van der Waals surface area contributed by atoms with Gasteiger partial charge >= 0.3 is 6.03 Å². The molecule has 0 aliphatic carbocycles. The van der Waals surface area contributed by atoms with Crippen LogP contribution in [0.1, 0.15) is 19.4 Å². The van der Waals surface area contributed by atoms with Crippen molar-refractivity contribution in [2.24, 2.45) is 10.8 Å². The van der Waals surface area contributed by atoms with E-state index in [1.54, 1.807) is 12.1 Å². The fourth-order valence-electron chi connectivity index (χ4n) is 1.33. The number of rotatable bonds is 5. The van der Waals surface area contributed by atoms with Gasteiger partial charge in [0.15, 0.2) is 11.5 Å². The van der Waals surface area contributed by atoms with Gasteiger partial charge in [0.25, 0.3) is 0 Å². The molecule has 0 saturated heterocycles. The maximum Gasteiger partial charge on any atom is 0.332 e. The largest absolute Gasteiger partial charge is 0.493 e. The van der Waals surface area contributed by atoms with Crippen molar-refractivity contribution < 1.29 is 14.3 Å². The first-order chi connectivity index (χ1) is 8.93. The first kappa shape index (κ1) is 15.1. The number of hydrogen-bond acceptors (Lipinski definition) is 4. The predicted molar refractivity (Wildman–Crippen MR) is 74.1 cm³/mol. The van der Waals surface area contributed by atoms with Crippen LogP contribution in [0.2, 0.25) is 5.02 Å². The van der Waals surface area contributed by atoms with Crippen molar-refractivity contribution in [3.8, 4) is 11.5 Å². The Morgan fingerprint density at radius 1 is 1.53 bits per heavy atom. The third kappa shape index (κ3) is 4.67. The predicted octanol–water partition coefficient (Wildman–Crippen LogP) is 2.14. The van der Waals surface area contributed by atoms with E-state index in [0.717, 1.165) is 0 Å². The zero-order chi connectivity index (χ0) is 14.4. The molecule has 1 rings (SSSR count). The van der Waals surface area contributed by atoms with Crippen molar-refractivity contribution in [1.29, 1.82) is 0 Å². The molecule has 0 aromatic heterocycles. The first-order valence-electron chi connectivity index (χ1n) is 5.56. The summed E-state index contributed by atoms with van der Waals surface area (Å²) in [6, 6.07) is 2.60. The van der Waals surface area contributed by atoms with Crippen molar-refractivity contribution in [2.45, 2.75) is 20.0 Å². The van der Waals surface area contributed by atoms with Gasteiger partial charge in [-0.2, -0.15) is 5.10 Å². The number of urea groups is 1. The number of nitrogens with one attached hydrogen (secondary N) is 1. The summed E-state index contributed by atoms with van der Waals surface area (Å²) in [7, 11) is 1.52. The molecule has 2 amide bonds. The van der Waals surface area contributed by atoms with E-state index < -0.39 is 6.03 Å². The van der Waals surface area contributed by atoms with Crippen LogP contribution in [0.4, 0.5) is 4.79 Å². The van der Waals surface area contributed by atoms with E-state index in [-0.39, 0.29) is 6.10 Å². The average molecular weight is 286 g/mol. The summed E-state index contributed by atoms with van der Waals surface area (Å²) in [4.78, 5) is 10.5. The molecule has 0 aliphatic heterocycles. The van der Waals surface area contributed by atoms with Gasteiger partial charge in [-0.3, -0.25) is 0 Å². The van der Waals surface area contributed by atoms with Crippen LogP contribution in [0.5, 0.6) is 11.5 Å². The van der Waals surface area contributed by atoms with Crippen molar-refractivity contribution in [1.82, 2.24) is 5.43 Å². The molecular formula is C12H16ClN3O3. The number of hydrazone groups is 1. The lowest BCUT2D eigenvalue weighted by Crippen LogP contribution is -2.24. The molecule has 0 radical (unpaired) electrons. The van der Waals surface area contributed by atoms with E-state index in [0.29, 0.717) is 22.1 Å². The Morgan fingerprint density at radius 3 is 2.74 bits per heavy atom. The minimum atomic E-state index is -0.742. The summed E-state index contributed by atoms with van der Waals surface area (Å²) in [5, 5.41) is 4.04. The fraction of sp³-hybridized carbons (Fsp3) is 0.333. The number of hydrogen-bond donors (Lipinski definition) is 2. The van der Waals surface area contributed by atoms with Crippen LogP contribution in [0.25, 0.3) is 0 Å². The number of carbonyl (C=O) groups is 1. The molecule has 0 atom stereocenters. The molecule has 19 heavy (non-hydrogen) atoms. The highest BCUT2D eigenvalue weighted by Crippen LogP contribution is 2.36. The van der Waals surface area contributed by atoms with E-state index in [9.17, 15) is 4.79 Å². The Balaban J connectivity index is 3.01. The zero-order valence-corrected chi connectivity index (χ0v) is 11.7. The molecule has 1 aromatic carbocycles. The Morgan fingerprint density at radius 2 is 2.21 bits per heavy atom. The van der Waals surface area contributed by atoms with Gasteiger partial charge in [-0.1, -0.05) is 11.6 Å². The Kier molecular flexibility index (Phi) is 5.44. The first-order valence-corrected chi connectivity index (χ1v) is 5.94. The second-order valence-electron chi connectivity index (χ2n) is 3.93. The fourth-order valence-corrected chi connectivity index (χ4v) is 1.60. The van der Waals surface area contributed by atoms with Crippen LogP contribution in [0, 0.1) is 0 Å². The number of nitrogens with zero attached hydrogens (tertiary/aromatic N) is 1. The van der Waals surface area contributed by atoms with Crippen LogP contribution in [0.15, 0.2) is 17.2 Å². The van der Waals surface area contributed by atoms with E-state index >= 15 is 0 Å². The highest BCUT2D eigenvalue weighted by Gasteiger charge is 2.12. The maximum atomic E-state index is 10.5. The molecular weight excluding hydrogens is 270 g/mol. The highest BCUT2D eigenvalue weighted by molar-refractivity contribution is 6.32. The minimum Gasteiger partial charge on any atom is -0.493 e. The molecule has 0 bridgehead atoms. The number of carbonyl (C=O) groups excluding carboxylic acids is 1. The van der Waals surface area contributed by atoms with E-state index in [4.69, 9.17) is 26.8 Å². The van der Waals surface area contributed by atoms with Crippen LogP contribution in [-0.2, 0) is 0 Å². The van der Waals surface area contributed by atoms with Gasteiger partial charge in [0.05, 0.1) is 24.5 Å². The summed E-state index contributed by atoms with van der Waals surface area (Å²) in [5.74, 6) is 0.959. The maximum absolute atomic E-state index is 10.5. The molecule has 7 heteroatoms. The van der Waals surface area contributed by atoms with E-state index in [1.807, 2.05) is 13.8 Å². The van der Waals surface area contributed by atoms with Gasteiger partial charge in [-0.25, -0.2) is 10.2 Å². The van der Waals surface area contributed by atoms with Gasteiger partial charge in [0.1, 0.15) is 0 Å². The molecule has 6 nitrogen and oxygen atoms in total. The lowest BCUT2D eigenvalue weighted by molar-refractivity contribution is 0.230. The summed E-state index contributed by atoms with van der Waals surface area (Å²) in [6.45, 7) is 3.78. The van der Waals surface area contributed by atoms with Gasteiger partial charge < -0.3 is 15.2 Å². The Bertz CT molecular complexity index is 489. The number of methoxy groups -OCH3 is 1. The van der Waals surface area contributed by atoms with Crippen molar-refractivity contribution in [3.63, 3.8) is 0 Å². The molecule has 104 valence electrons. The zero-order valence-electron chi connectivity index (χ0n) is 10.9. The summed E-state index contributed by atoms with van der Waals surface area (Å²) < 4.78 is 10.8. The third-order valence-electron chi connectivity index (χ3n) is 1.99. The number of amides is 2. The number of primary amides is 1. The van der Waals surface area contributed by atoms with Gasteiger partial charge in [0.2, 0.25) is 0 Å². The summed E-state index contributed by atoms with van der Waals surface area (Å²) in [6.07, 6.45) is 1.38. The molecule has 0 saturated carbocycles. The summed E-state index contributed by atoms with van der Waals surface area (Å²) in [5.41, 5.74) is 7.62. The molecule has 0 unspecified atom stereocenters. The summed E-state index contributed by atoms with van der Waals surface area (Å²) >= 11 is 6.12. The highest BCUT2D eigenvalue weighted by atomic mass is 35.5. The standard InChI is InChI=1S/C12H16ClN3O3/c1-7(2)19-11-9(13)4-8(5-10(11)18-3)6-15-16-12(14)17/h4-7H,1-3H3,(H3,14,16,17). The van der Waals surface area contributed by atoms with E-state index in [1.165, 1.54) is 13.3 Å². The smallest absolute Gasteiger partial charge is 0.332 e. The van der Waals surface area contributed by atoms with Gasteiger partial charge in [-0.15, -0.1) is 0 Å². The number of ether oxygens (including phenoxy) is 2. The number of benzene rings is 1. The second-order valence-corrected chi connectivity index (χ2v) is 4.34. The monoisotopic (exact) mass is 285 g/mol. The number of halogens is 1. The van der Waals surface area contributed by atoms with Crippen molar-refractivity contribution in [2.75, 3.05) is 7.11 Å². The molecule has 0 fully saturated rings. The van der Waals surface area contributed by atoms with Crippen molar-refractivity contribution in [3.05, 3.63) is 22.7 Å². The van der Waals surface area contributed by atoms with Crippen LogP contribution in [0.3, 0.4) is 0 Å². The lowest BCUT2D eigenvalue weighted by atomic mass is 10.2.